The Bertz CT molecular complexity index is 579. The number of pyridine rings is 1. The predicted octanol–water partition coefficient (Wildman–Crippen LogP) is 4.12. The molecular formula is C18H23N3S. The maximum absolute atomic E-state index is 5.26. The standard InChI is InChI=1S/C18H23N3S/c1-14(2)16-9-7-15(8-10-16)5-3-12-20-18(22)21-17-6-4-11-19-13-17/h4,6-11,13-14H,3,5,12H2,1-2H3,(H2,20,21,22). The highest BCUT2D eigenvalue weighted by Crippen LogP contribution is 2.15. The molecule has 0 saturated carbocycles. The van der Waals surface area contributed by atoms with Crippen LogP contribution in [0.15, 0.2) is 48.8 Å². The van der Waals surface area contributed by atoms with Crippen LogP contribution in [-0.2, 0) is 6.42 Å². The molecule has 0 aliphatic heterocycles. The van der Waals surface area contributed by atoms with Crippen molar-refractivity contribution >= 4 is 23.0 Å². The summed E-state index contributed by atoms with van der Waals surface area (Å²) in [5, 5.41) is 6.98. The van der Waals surface area contributed by atoms with E-state index in [1.165, 1.54) is 11.1 Å². The first kappa shape index (κ1) is 16.4. The normalized spacial score (nSPS) is 10.5. The molecule has 0 radical (unpaired) electrons. The molecule has 1 heterocycles. The predicted molar refractivity (Wildman–Crippen MR) is 97.3 cm³/mol. The Morgan fingerprint density at radius 1 is 1.18 bits per heavy atom. The Balaban J connectivity index is 1.67. The fourth-order valence-corrected chi connectivity index (χ4v) is 2.40. The summed E-state index contributed by atoms with van der Waals surface area (Å²) in [6, 6.07) is 12.7. The van der Waals surface area contributed by atoms with E-state index >= 15 is 0 Å². The van der Waals surface area contributed by atoms with Crippen LogP contribution in [0.3, 0.4) is 0 Å². The summed E-state index contributed by atoms with van der Waals surface area (Å²) in [6.07, 6.45) is 5.60. The lowest BCUT2D eigenvalue weighted by Gasteiger charge is -2.10. The first-order valence-electron chi connectivity index (χ1n) is 7.69. The molecule has 1 aromatic carbocycles. The average molecular weight is 313 g/mol. The van der Waals surface area contributed by atoms with Gasteiger partial charge >= 0.3 is 0 Å². The molecule has 0 saturated heterocycles. The van der Waals surface area contributed by atoms with Crippen molar-refractivity contribution in [2.75, 3.05) is 11.9 Å². The van der Waals surface area contributed by atoms with Gasteiger partial charge in [0.15, 0.2) is 5.11 Å². The minimum Gasteiger partial charge on any atom is -0.362 e. The summed E-state index contributed by atoms with van der Waals surface area (Å²) >= 11 is 5.26. The Labute approximate surface area is 138 Å². The smallest absolute Gasteiger partial charge is 0.170 e. The van der Waals surface area contributed by atoms with Crippen LogP contribution in [0.5, 0.6) is 0 Å². The fourth-order valence-electron chi connectivity index (χ4n) is 2.18. The summed E-state index contributed by atoms with van der Waals surface area (Å²) in [4.78, 5) is 4.04. The van der Waals surface area contributed by atoms with Gasteiger partial charge in [-0.2, -0.15) is 0 Å². The summed E-state index contributed by atoms with van der Waals surface area (Å²) in [6.45, 7) is 5.29. The second-order valence-electron chi connectivity index (χ2n) is 5.62. The van der Waals surface area contributed by atoms with E-state index in [1.54, 1.807) is 12.4 Å². The molecule has 0 spiro atoms. The van der Waals surface area contributed by atoms with Crippen molar-refractivity contribution in [1.29, 1.82) is 0 Å². The van der Waals surface area contributed by atoms with Crippen molar-refractivity contribution in [2.24, 2.45) is 0 Å². The third-order valence-electron chi connectivity index (χ3n) is 3.49. The molecule has 0 aliphatic rings. The van der Waals surface area contributed by atoms with Crippen molar-refractivity contribution in [2.45, 2.75) is 32.6 Å². The van der Waals surface area contributed by atoms with E-state index in [4.69, 9.17) is 12.2 Å². The minimum absolute atomic E-state index is 0.589. The average Bonchev–Trinajstić information content (AvgIpc) is 2.53. The lowest BCUT2D eigenvalue weighted by atomic mass is 10.0. The molecule has 0 atom stereocenters. The highest BCUT2D eigenvalue weighted by atomic mass is 32.1. The zero-order chi connectivity index (χ0) is 15.8. The van der Waals surface area contributed by atoms with Crippen LogP contribution in [0.4, 0.5) is 5.69 Å². The van der Waals surface area contributed by atoms with Gasteiger partial charge in [-0.05, 0) is 54.2 Å². The number of anilines is 1. The number of aryl methyl sites for hydroxylation is 1. The first-order valence-corrected chi connectivity index (χ1v) is 8.09. The van der Waals surface area contributed by atoms with E-state index in [2.05, 4.69) is 53.7 Å². The van der Waals surface area contributed by atoms with Crippen LogP contribution in [0.25, 0.3) is 0 Å². The van der Waals surface area contributed by atoms with Crippen molar-refractivity contribution in [3.8, 4) is 0 Å². The second-order valence-corrected chi connectivity index (χ2v) is 6.03. The van der Waals surface area contributed by atoms with Gasteiger partial charge in [0.05, 0.1) is 11.9 Å². The van der Waals surface area contributed by atoms with Gasteiger partial charge < -0.3 is 10.6 Å². The van der Waals surface area contributed by atoms with Gasteiger partial charge in [0, 0.05) is 12.7 Å². The van der Waals surface area contributed by atoms with Crippen LogP contribution < -0.4 is 10.6 Å². The Kier molecular flexibility index (Phi) is 6.34. The maximum Gasteiger partial charge on any atom is 0.170 e. The van der Waals surface area contributed by atoms with Crippen LogP contribution in [0.2, 0.25) is 0 Å². The molecule has 0 aliphatic carbocycles. The molecule has 2 rings (SSSR count). The van der Waals surface area contributed by atoms with Crippen molar-refractivity contribution in [3.63, 3.8) is 0 Å². The quantitative estimate of drug-likeness (QED) is 0.621. The third-order valence-corrected chi connectivity index (χ3v) is 3.74. The summed E-state index contributed by atoms with van der Waals surface area (Å²) in [5.74, 6) is 0.589. The zero-order valence-corrected chi connectivity index (χ0v) is 14.0. The summed E-state index contributed by atoms with van der Waals surface area (Å²) in [5.41, 5.74) is 3.67. The largest absolute Gasteiger partial charge is 0.362 e. The number of benzene rings is 1. The fraction of sp³-hybridized carbons (Fsp3) is 0.333. The summed E-state index contributed by atoms with van der Waals surface area (Å²) < 4.78 is 0. The van der Waals surface area contributed by atoms with Gasteiger partial charge in [0.25, 0.3) is 0 Å². The van der Waals surface area contributed by atoms with E-state index in [9.17, 15) is 0 Å². The molecule has 2 aromatic rings. The van der Waals surface area contributed by atoms with E-state index in [0.29, 0.717) is 11.0 Å². The van der Waals surface area contributed by atoms with Gasteiger partial charge in [-0.15, -0.1) is 0 Å². The van der Waals surface area contributed by atoms with Crippen LogP contribution in [0.1, 0.15) is 37.3 Å². The van der Waals surface area contributed by atoms with Crippen LogP contribution in [0, 0.1) is 0 Å². The molecule has 116 valence electrons. The molecule has 1 aromatic heterocycles. The van der Waals surface area contributed by atoms with Crippen molar-refractivity contribution < 1.29 is 0 Å². The Morgan fingerprint density at radius 2 is 1.95 bits per heavy atom. The molecule has 0 amide bonds. The minimum atomic E-state index is 0.589. The number of thiocarbonyl (C=S) groups is 1. The van der Waals surface area contributed by atoms with E-state index < -0.39 is 0 Å². The lowest BCUT2D eigenvalue weighted by molar-refractivity contribution is 0.776. The van der Waals surface area contributed by atoms with Gasteiger partial charge in [-0.3, -0.25) is 4.98 Å². The van der Waals surface area contributed by atoms with Crippen molar-refractivity contribution in [3.05, 3.63) is 59.9 Å². The number of rotatable bonds is 6. The van der Waals surface area contributed by atoms with E-state index in [-0.39, 0.29) is 0 Å². The molecule has 3 nitrogen and oxygen atoms in total. The zero-order valence-electron chi connectivity index (χ0n) is 13.2. The van der Waals surface area contributed by atoms with Crippen molar-refractivity contribution in [1.82, 2.24) is 10.3 Å². The number of hydrogen-bond acceptors (Lipinski definition) is 2. The van der Waals surface area contributed by atoms with Crippen LogP contribution in [-0.4, -0.2) is 16.6 Å². The first-order chi connectivity index (χ1) is 10.6. The highest BCUT2D eigenvalue weighted by molar-refractivity contribution is 7.80. The van der Waals surface area contributed by atoms with Crippen LogP contribution >= 0.6 is 12.2 Å². The second kappa shape index (κ2) is 8.49. The molecule has 4 heteroatoms. The van der Waals surface area contributed by atoms with Gasteiger partial charge in [-0.1, -0.05) is 38.1 Å². The third kappa shape index (κ3) is 5.45. The number of aromatic nitrogens is 1. The summed E-state index contributed by atoms with van der Waals surface area (Å²) in [7, 11) is 0. The van der Waals surface area contributed by atoms with Gasteiger partial charge in [0.2, 0.25) is 0 Å². The molecule has 0 fully saturated rings. The molecular weight excluding hydrogens is 290 g/mol. The Hall–Kier alpha value is -1.94. The molecule has 0 bridgehead atoms. The number of nitrogens with zero attached hydrogens (tertiary/aromatic N) is 1. The van der Waals surface area contributed by atoms with E-state index in [1.807, 2.05) is 12.1 Å². The van der Waals surface area contributed by atoms with Gasteiger partial charge in [-0.25, -0.2) is 0 Å². The Morgan fingerprint density at radius 3 is 2.59 bits per heavy atom. The monoisotopic (exact) mass is 313 g/mol. The highest BCUT2D eigenvalue weighted by Gasteiger charge is 2.00. The van der Waals surface area contributed by atoms with E-state index in [0.717, 1.165) is 25.1 Å². The maximum atomic E-state index is 5.26. The number of nitrogens with one attached hydrogen (secondary N) is 2. The SMILES string of the molecule is CC(C)c1ccc(CCCNC(=S)Nc2cccnc2)cc1. The lowest BCUT2D eigenvalue weighted by Crippen LogP contribution is -2.29. The molecule has 2 N–H and O–H groups in total. The topological polar surface area (TPSA) is 37.0 Å². The molecule has 0 unspecified atom stereocenters. The molecule has 22 heavy (non-hydrogen) atoms. The number of hydrogen-bond donors (Lipinski definition) is 2. The van der Waals surface area contributed by atoms with Gasteiger partial charge in [0.1, 0.15) is 0 Å².